The van der Waals surface area contributed by atoms with E-state index in [0.717, 1.165) is 27.6 Å². The second-order valence-corrected chi connectivity index (χ2v) is 6.46. The van der Waals surface area contributed by atoms with Crippen LogP contribution in [0.2, 0.25) is 0 Å². The highest BCUT2D eigenvalue weighted by Crippen LogP contribution is 2.28. The van der Waals surface area contributed by atoms with Crippen molar-refractivity contribution in [2.75, 3.05) is 18.1 Å². The first-order chi connectivity index (χ1) is 10.3. The third-order valence-electron chi connectivity index (χ3n) is 3.35. The van der Waals surface area contributed by atoms with Gasteiger partial charge in [0, 0.05) is 34.8 Å². The summed E-state index contributed by atoms with van der Waals surface area (Å²) in [5.41, 5.74) is 3.32. The van der Waals surface area contributed by atoms with Crippen LogP contribution in [-0.4, -0.2) is 23.2 Å². The normalized spacial score (nSPS) is 11.0. The van der Waals surface area contributed by atoms with Gasteiger partial charge in [0.05, 0.1) is 12.1 Å². The molecule has 2 heterocycles. The summed E-state index contributed by atoms with van der Waals surface area (Å²) in [7, 11) is 0. The Morgan fingerprint density at radius 1 is 1.24 bits per heavy atom. The van der Waals surface area contributed by atoms with E-state index < -0.39 is 0 Å². The number of aromatic nitrogens is 1. The molecule has 3 rings (SSSR count). The molecular weight excluding hydrogens is 348 g/mol. The highest BCUT2D eigenvalue weighted by molar-refractivity contribution is 9.10. The first kappa shape index (κ1) is 14.5. The summed E-state index contributed by atoms with van der Waals surface area (Å²) in [5.74, 6) is 0. The quantitative estimate of drug-likeness (QED) is 0.743. The lowest BCUT2D eigenvalue weighted by atomic mass is 10.1. The Morgan fingerprint density at radius 3 is 2.90 bits per heavy atom. The monoisotopic (exact) mass is 362 g/mol. The molecule has 1 N–H and O–H groups in total. The molecule has 21 heavy (non-hydrogen) atoms. The van der Waals surface area contributed by atoms with Crippen molar-refractivity contribution in [1.82, 2.24) is 4.98 Å². The second-order valence-electron chi connectivity index (χ2n) is 4.77. The topological polar surface area (TPSA) is 36.4 Å². The van der Waals surface area contributed by atoms with Crippen LogP contribution in [0.5, 0.6) is 0 Å². The molecule has 108 valence electrons. The van der Waals surface area contributed by atoms with E-state index in [-0.39, 0.29) is 6.61 Å². The fourth-order valence-corrected chi connectivity index (χ4v) is 3.40. The minimum atomic E-state index is 0.129. The van der Waals surface area contributed by atoms with Crippen LogP contribution in [0.25, 0.3) is 10.9 Å². The van der Waals surface area contributed by atoms with Crippen LogP contribution in [0.4, 0.5) is 5.69 Å². The van der Waals surface area contributed by atoms with E-state index in [1.165, 1.54) is 5.56 Å². The fraction of sp³-hybridized carbons (Fsp3) is 0.188. The Hall–Kier alpha value is -1.43. The van der Waals surface area contributed by atoms with Crippen LogP contribution in [-0.2, 0) is 6.54 Å². The van der Waals surface area contributed by atoms with Crippen molar-refractivity contribution in [2.24, 2.45) is 0 Å². The molecule has 0 atom stereocenters. The number of halogens is 1. The van der Waals surface area contributed by atoms with E-state index in [1.807, 2.05) is 24.4 Å². The van der Waals surface area contributed by atoms with Crippen LogP contribution < -0.4 is 4.90 Å². The molecule has 0 aliphatic rings. The van der Waals surface area contributed by atoms with E-state index in [1.54, 1.807) is 11.3 Å². The summed E-state index contributed by atoms with van der Waals surface area (Å²) in [6.07, 6.45) is 1.82. The molecule has 0 aliphatic heterocycles. The van der Waals surface area contributed by atoms with Gasteiger partial charge in [-0.05, 0) is 46.7 Å². The van der Waals surface area contributed by atoms with Gasteiger partial charge in [0.15, 0.2) is 0 Å². The van der Waals surface area contributed by atoms with Crippen molar-refractivity contribution in [3.8, 4) is 0 Å². The van der Waals surface area contributed by atoms with Crippen LogP contribution in [0, 0.1) is 0 Å². The Kier molecular flexibility index (Phi) is 4.53. The summed E-state index contributed by atoms with van der Waals surface area (Å²) < 4.78 is 1.02. The molecule has 0 saturated carbocycles. The number of hydrogen-bond donors (Lipinski definition) is 1. The molecule has 2 aromatic heterocycles. The Morgan fingerprint density at radius 2 is 2.14 bits per heavy atom. The zero-order valence-corrected chi connectivity index (χ0v) is 13.8. The summed E-state index contributed by atoms with van der Waals surface area (Å²) in [6.45, 7) is 1.52. The summed E-state index contributed by atoms with van der Waals surface area (Å²) in [5, 5.41) is 14.7. The van der Waals surface area contributed by atoms with Gasteiger partial charge in [-0.3, -0.25) is 4.98 Å². The minimum Gasteiger partial charge on any atom is -0.395 e. The highest BCUT2D eigenvalue weighted by atomic mass is 79.9. The zero-order valence-electron chi connectivity index (χ0n) is 11.4. The molecule has 0 amide bonds. The summed E-state index contributed by atoms with van der Waals surface area (Å²) in [4.78, 5) is 6.62. The molecular formula is C16H15BrN2OS. The van der Waals surface area contributed by atoms with Crippen LogP contribution in [0.15, 0.2) is 51.8 Å². The van der Waals surface area contributed by atoms with Gasteiger partial charge in [0.1, 0.15) is 0 Å². The van der Waals surface area contributed by atoms with Gasteiger partial charge in [-0.2, -0.15) is 11.3 Å². The molecule has 1 aromatic carbocycles. The van der Waals surface area contributed by atoms with E-state index in [4.69, 9.17) is 0 Å². The third-order valence-corrected chi connectivity index (χ3v) is 4.57. The SMILES string of the molecule is OCCN(Cc1ccsc1)c1ccnc2cc(Br)ccc12. The van der Waals surface area contributed by atoms with Crippen molar-refractivity contribution >= 4 is 43.9 Å². The summed E-state index contributed by atoms with van der Waals surface area (Å²) >= 11 is 5.17. The number of benzene rings is 1. The number of aliphatic hydroxyl groups excluding tert-OH is 1. The maximum atomic E-state index is 9.38. The number of pyridine rings is 1. The Labute approximate surface area is 136 Å². The molecule has 0 radical (unpaired) electrons. The standard InChI is InChI=1S/C16H15BrN2OS/c17-13-1-2-14-15(9-13)18-5-3-16(14)19(6-7-20)10-12-4-8-21-11-12/h1-5,8-9,11,20H,6-7,10H2. The van der Waals surface area contributed by atoms with Crippen molar-refractivity contribution in [3.05, 3.63) is 57.3 Å². The number of rotatable bonds is 5. The summed E-state index contributed by atoms with van der Waals surface area (Å²) in [6, 6.07) is 10.2. The maximum absolute atomic E-state index is 9.38. The molecule has 3 nitrogen and oxygen atoms in total. The lowest BCUT2D eigenvalue weighted by Crippen LogP contribution is -2.26. The number of thiophene rings is 1. The average molecular weight is 363 g/mol. The largest absolute Gasteiger partial charge is 0.395 e. The van der Waals surface area contributed by atoms with Crippen molar-refractivity contribution in [1.29, 1.82) is 0 Å². The van der Waals surface area contributed by atoms with Gasteiger partial charge in [-0.15, -0.1) is 0 Å². The number of nitrogens with zero attached hydrogens (tertiary/aromatic N) is 2. The number of aliphatic hydroxyl groups is 1. The minimum absolute atomic E-state index is 0.129. The smallest absolute Gasteiger partial charge is 0.0734 e. The predicted octanol–water partition coefficient (Wildman–Crippen LogP) is 4.06. The second kappa shape index (κ2) is 6.56. The van der Waals surface area contributed by atoms with Crippen molar-refractivity contribution in [2.45, 2.75) is 6.54 Å². The third kappa shape index (κ3) is 3.26. The number of fused-ring (bicyclic) bond motifs is 1. The first-order valence-electron chi connectivity index (χ1n) is 6.69. The number of hydrogen-bond acceptors (Lipinski definition) is 4. The van der Waals surface area contributed by atoms with Gasteiger partial charge in [0.25, 0.3) is 0 Å². The first-order valence-corrected chi connectivity index (χ1v) is 8.42. The van der Waals surface area contributed by atoms with Gasteiger partial charge >= 0.3 is 0 Å². The van der Waals surface area contributed by atoms with Crippen LogP contribution in [0.1, 0.15) is 5.56 Å². The van der Waals surface area contributed by atoms with Crippen LogP contribution >= 0.6 is 27.3 Å². The fourth-order valence-electron chi connectivity index (χ4n) is 2.39. The Balaban J connectivity index is 2.02. The van der Waals surface area contributed by atoms with Gasteiger partial charge in [-0.1, -0.05) is 15.9 Å². The molecule has 5 heteroatoms. The maximum Gasteiger partial charge on any atom is 0.0734 e. The van der Waals surface area contributed by atoms with Crippen molar-refractivity contribution < 1.29 is 5.11 Å². The molecule has 0 fully saturated rings. The van der Waals surface area contributed by atoms with Gasteiger partial charge in [0.2, 0.25) is 0 Å². The van der Waals surface area contributed by atoms with Crippen LogP contribution in [0.3, 0.4) is 0 Å². The molecule has 0 aliphatic carbocycles. The van der Waals surface area contributed by atoms with E-state index in [9.17, 15) is 5.11 Å². The average Bonchev–Trinajstić information content (AvgIpc) is 2.99. The molecule has 0 spiro atoms. The van der Waals surface area contributed by atoms with Crippen molar-refractivity contribution in [3.63, 3.8) is 0 Å². The molecule has 3 aromatic rings. The molecule has 0 saturated heterocycles. The zero-order chi connectivity index (χ0) is 14.7. The lowest BCUT2D eigenvalue weighted by molar-refractivity contribution is 0.301. The molecule has 0 unspecified atom stereocenters. The number of anilines is 1. The van der Waals surface area contributed by atoms with E-state index >= 15 is 0 Å². The Bertz CT molecular complexity index is 730. The van der Waals surface area contributed by atoms with E-state index in [2.05, 4.69) is 48.7 Å². The highest BCUT2D eigenvalue weighted by Gasteiger charge is 2.11. The van der Waals surface area contributed by atoms with E-state index in [0.29, 0.717) is 6.54 Å². The van der Waals surface area contributed by atoms with Gasteiger partial charge in [-0.25, -0.2) is 0 Å². The lowest BCUT2D eigenvalue weighted by Gasteiger charge is -2.25. The van der Waals surface area contributed by atoms with Gasteiger partial charge < -0.3 is 10.0 Å². The molecule has 0 bridgehead atoms. The predicted molar refractivity (Wildman–Crippen MR) is 91.9 cm³/mol.